The van der Waals surface area contributed by atoms with Gasteiger partial charge in [0.2, 0.25) is 0 Å². The Balaban J connectivity index is 1.60. The van der Waals surface area contributed by atoms with Gasteiger partial charge in [-0.3, -0.25) is 14.9 Å². The van der Waals surface area contributed by atoms with Gasteiger partial charge in [-0.2, -0.15) is 0 Å². The van der Waals surface area contributed by atoms with Crippen molar-refractivity contribution in [2.24, 2.45) is 10.9 Å². The van der Waals surface area contributed by atoms with Gasteiger partial charge in [-0.25, -0.2) is 0 Å². The third-order valence-electron chi connectivity index (χ3n) is 5.24. The lowest BCUT2D eigenvalue weighted by Crippen LogP contribution is -2.52. The van der Waals surface area contributed by atoms with Gasteiger partial charge in [0.1, 0.15) is 6.26 Å². The molecule has 1 fully saturated rings. The van der Waals surface area contributed by atoms with E-state index in [2.05, 4.69) is 52.1 Å². The van der Waals surface area contributed by atoms with Gasteiger partial charge in [0, 0.05) is 70.2 Å². The Hall–Kier alpha value is -2.41. The molecule has 3 heterocycles. The van der Waals surface area contributed by atoms with Crippen molar-refractivity contribution in [3.63, 3.8) is 0 Å². The molecular weight excluding hydrogens is 352 g/mol. The van der Waals surface area contributed by atoms with Gasteiger partial charge in [0.25, 0.3) is 0 Å². The van der Waals surface area contributed by atoms with E-state index in [9.17, 15) is 0 Å². The predicted octanol–water partition coefficient (Wildman–Crippen LogP) is 2.59. The number of hydrogen-bond donors (Lipinski definition) is 1. The molecule has 0 radical (unpaired) electrons. The molecule has 1 N–H and O–H groups in total. The molecule has 2 aromatic heterocycles. The third kappa shape index (κ3) is 5.55. The van der Waals surface area contributed by atoms with Crippen LogP contribution in [0.3, 0.4) is 0 Å². The number of hydrogen-bond acceptors (Lipinski definition) is 5. The highest BCUT2D eigenvalue weighted by Crippen LogP contribution is 2.24. The highest BCUT2D eigenvalue weighted by molar-refractivity contribution is 5.80. The first-order chi connectivity index (χ1) is 13.7. The lowest BCUT2D eigenvalue weighted by atomic mass is 9.89. The number of rotatable bonds is 7. The van der Waals surface area contributed by atoms with Crippen LogP contribution in [0.25, 0.3) is 0 Å². The number of pyridine rings is 1. The molecule has 1 aliphatic heterocycles. The maximum Gasteiger partial charge on any atom is 0.194 e. The molecule has 1 aliphatic rings. The summed E-state index contributed by atoms with van der Waals surface area (Å²) >= 11 is 0. The fourth-order valence-corrected chi connectivity index (χ4v) is 3.57. The number of aromatic nitrogens is 2. The summed E-state index contributed by atoms with van der Waals surface area (Å²) in [7, 11) is 0. The highest BCUT2D eigenvalue weighted by atomic mass is 16.5. The lowest BCUT2D eigenvalue weighted by molar-refractivity contribution is 0.169. The molecule has 0 aliphatic carbocycles. The van der Waals surface area contributed by atoms with Crippen molar-refractivity contribution in [2.75, 3.05) is 39.3 Å². The smallest absolute Gasteiger partial charge is 0.194 e. The summed E-state index contributed by atoms with van der Waals surface area (Å²) in [4.78, 5) is 14.1. The Morgan fingerprint density at radius 1 is 1.25 bits per heavy atom. The molecule has 7 nitrogen and oxygen atoms in total. The average Bonchev–Trinajstić information content (AvgIpc) is 3.22. The van der Waals surface area contributed by atoms with Crippen molar-refractivity contribution < 1.29 is 4.52 Å². The summed E-state index contributed by atoms with van der Waals surface area (Å²) < 4.78 is 4.94. The molecule has 1 atom stereocenters. The lowest BCUT2D eigenvalue weighted by Gasteiger charge is -2.36. The Kier molecular flexibility index (Phi) is 7.42. The SMILES string of the molecule is CCNC(=NCC(c1cccnc1)C(C)C)N1CCN(Cc2ccon2)CC1. The zero-order valence-corrected chi connectivity index (χ0v) is 17.2. The van der Waals surface area contributed by atoms with E-state index < -0.39 is 0 Å². The maximum atomic E-state index is 4.99. The van der Waals surface area contributed by atoms with Crippen molar-refractivity contribution in [2.45, 2.75) is 33.2 Å². The second kappa shape index (κ2) is 10.2. The molecule has 3 rings (SSSR count). The van der Waals surface area contributed by atoms with Crippen LogP contribution in [-0.4, -0.2) is 65.2 Å². The van der Waals surface area contributed by atoms with Crippen molar-refractivity contribution in [3.05, 3.63) is 48.1 Å². The average molecular weight is 385 g/mol. The van der Waals surface area contributed by atoms with Crippen LogP contribution < -0.4 is 5.32 Å². The zero-order valence-electron chi connectivity index (χ0n) is 17.2. The minimum Gasteiger partial charge on any atom is -0.364 e. The van der Waals surface area contributed by atoms with Crippen molar-refractivity contribution in [3.8, 4) is 0 Å². The molecule has 0 aromatic carbocycles. The standard InChI is InChI=1S/C21H32N6O/c1-4-23-21(24-15-20(17(2)3)18-6-5-8-22-14-18)27-11-9-26(10-12-27)16-19-7-13-28-25-19/h5-8,13-14,17,20H,4,9-12,15-16H2,1-3H3,(H,23,24). The number of aliphatic imine (C=N–C) groups is 1. The van der Waals surface area contributed by atoms with Crippen LogP contribution in [0.4, 0.5) is 0 Å². The van der Waals surface area contributed by atoms with Gasteiger partial charge < -0.3 is 14.7 Å². The summed E-state index contributed by atoms with van der Waals surface area (Å²) in [5, 5.41) is 7.49. The van der Waals surface area contributed by atoms with E-state index >= 15 is 0 Å². The molecule has 2 aromatic rings. The first-order valence-corrected chi connectivity index (χ1v) is 10.2. The Labute approximate surface area is 167 Å². The first kappa shape index (κ1) is 20.3. The second-order valence-corrected chi connectivity index (χ2v) is 7.59. The van der Waals surface area contributed by atoms with Crippen LogP contribution in [0, 0.1) is 5.92 Å². The maximum absolute atomic E-state index is 4.99. The van der Waals surface area contributed by atoms with Gasteiger partial charge in [-0.05, 0) is 24.5 Å². The molecule has 152 valence electrons. The zero-order chi connectivity index (χ0) is 19.8. The number of guanidine groups is 1. The summed E-state index contributed by atoms with van der Waals surface area (Å²) in [6.45, 7) is 13.0. The van der Waals surface area contributed by atoms with E-state index in [1.165, 1.54) is 5.56 Å². The Morgan fingerprint density at radius 2 is 2.07 bits per heavy atom. The van der Waals surface area contributed by atoms with Crippen molar-refractivity contribution in [1.82, 2.24) is 25.3 Å². The molecule has 0 saturated carbocycles. The van der Waals surface area contributed by atoms with Crippen molar-refractivity contribution >= 4 is 5.96 Å². The number of nitrogens with zero attached hydrogens (tertiary/aromatic N) is 5. The van der Waals surface area contributed by atoms with Gasteiger partial charge in [-0.15, -0.1) is 0 Å². The quantitative estimate of drug-likeness (QED) is 0.584. The van der Waals surface area contributed by atoms with Crippen LogP contribution in [0.1, 0.15) is 37.9 Å². The summed E-state index contributed by atoms with van der Waals surface area (Å²) in [6.07, 6.45) is 5.43. The van der Waals surface area contributed by atoms with E-state index in [1.54, 1.807) is 6.26 Å². The van der Waals surface area contributed by atoms with E-state index in [-0.39, 0.29) is 0 Å². The summed E-state index contributed by atoms with van der Waals surface area (Å²) in [6, 6.07) is 6.10. The fourth-order valence-electron chi connectivity index (χ4n) is 3.57. The molecule has 7 heteroatoms. The Bertz CT molecular complexity index is 708. The highest BCUT2D eigenvalue weighted by Gasteiger charge is 2.21. The minimum atomic E-state index is 0.371. The molecule has 1 unspecified atom stereocenters. The molecule has 0 amide bonds. The van der Waals surface area contributed by atoms with Crippen LogP contribution in [0.2, 0.25) is 0 Å². The summed E-state index contributed by atoms with van der Waals surface area (Å²) in [5.74, 6) is 1.89. The molecule has 0 spiro atoms. The second-order valence-electron chi connectivity index (χ2n) is 7.59. The number of nitrogens with one attached hydrogen (secondary N) is 1. The fraction of sp³-hybridized carbons (Fsp3) is 0.571. The van der Waals surface area contributed by atoms with E-state index in [1.807, 2.05) is 24.5 Å². The minimum absolute atomic E-state index is 0.371. The van der Waals surface area contributed by atoms with Crippen LogP contribution in [0.15, 0.2) is 46.4 Å². The molecule has 0 bridgehead atoms. The molecule has 1 saturated heterocycles. The van der Waals surface area contributed by atoms with E-state index in [4.69, 9.17) is 9.52 Å². The topological polar surface area (TPSA) is 69.8 Å². The molecule has 28 heavy (non-hydrogen) atoms. The predicted molar refractivity (Wildman–Crippen MR) is 111 cm³/mol. The van der Waals surface area contributed by atoms with Crippen LogP contribution in [-0.2, 0) is 6.54 Å². The molecular formula is C21H32N6O. The third-order valence-corrected chi connectivity index (χ3v) is 5.24. The monoisotopic (exact) mass is 384 g/mol. The van der Waals surface area contributed by atoms with E-state index in [0.717, 1.165) is 57.5 Å². The Morgan fingerprint density at radius 3 is 2.68 bits per heavy atom. The van der Waals surface area contributed by atoms with Gasteiger partial charge in [0.05, 0.1) is 5.69 Å². The van der Waals surface area contributed by atoms with Crippen molar-refractivity contribution in [1.29, 1.82) is 0 Å². The van der Waals surface area contributed by atoms with Gasteiger partial charge >= 0.3 is 0 Å². The van der Waals surface area contributed by atoms with Gasteiger partial charge in [0.15, 0.2) is 5.96 Å². The largest absolute Gasteiger partial charge is 0.364 e. The van der Waals surface area contributed by atoms with E-state index in [0.29, 0.717) is 11.8 Å². The van der Waals surface area contributed by atoms with Gasteiger partial charge in [-0.1, -0.05) is 25.1 Å². The normalized spacial score (nSPS) is 17.1. The summed E-state index contributed by atoms with van der Waals surface area (Å²) in [5.41, 5.74) is 2.25. The van der Waals surface area contributed by atoms with Crippen LogP contribution in [0.5, 0.6) is 0 Å². The van der Waals surface area contributed by atoms with Crippen LogP contribution >= 0.6 is 0 Å². The number of piperazine rings is 1. The first-order valence-electron chi connectivity index (χ1n) is 10.2.